The molecule has 2 N–H and O–H groups in total. The maximum atomic E-state index is 12.1. The standard InChI is InChI=1S/C8H14F3N3O2S/c1-17(15,16)14-4-2-3-13-6-7(5-12)8(9,10)11/h7,13-14H,2-4,6H2,1H3. The number of alkyl halides is 3. The Labute approximate surface area is 98.0 Å². The largest absolute Gasteiger partial charge is 0.405 e. The summed E-state index contributed by atoms with van der Waals surface area (Å²) in [5.74, 6) is -2.04. The van der Waals surface area contributed by atoms with Crippen molar-refractivity contribution in [3.63, 3.8) is 0 Å². The van der Waals surface area contributed by atoms with Gasteiger partial charge in [-0.25, -0.2) is 13.1 Å². The molecule has 0 radical (unpaired) electrons. The van der Waals surface area contributed by atoms with E-state index < -0.39 is 28.7 Å². The monoisotopic (exact) mass is 273 g/mol. The summed E-state index contributed by atoms with van der Waals surface area (Å²) in [6.45, 7) is -0.134. The quantitative estimate of drug-likeness (QED) is 0.650. The summed E-state index contributed by atoms with van der Waals surface area (Å²) in [6, 6.07) is 1.16. The van der Waals surface area contributed by atoms with Crippen molar-refractivity contribution in [2.24, 2.45) is 5.92 Å². The molecular weight excluding hydrogens is 259 g/mol. The molecule has 1 unspecified atom stereocenters. The Morgan fingerprint density at radius 2 is 1.94 bits per heavy atom. The van der Waals surface area contributed by atoms with Crippen LogP contribution in [0.4, 0.5) is 13.2 Å². The average Bonchev–Trinajstić information content (AvgIpc) is 2.12. The first kappa shape index (κ1) is 16.1. The fourth-order valence-electron chi connectivity index (χ4n) is 0.952. The van der Waals surface area contributed by atoms with Crippen molar-refractivity contribution >= 4 is 10.0 Å². The molecule has 0 aromatic heterocycles. The molecule has 0 aliphatic carbocycles. The number of hydrogen-bond acceptors (Lipinski definition) is 4. The summed E-state index contributed by atoms with van der Waals surface area (Å²) in [5.41, 5.74) is 0. The van der Waals surface area contributed by atoms with Crippen molar-refractivity contribution in [3.05, 3.63) is 0 Å². The Bertz CT molecular complexity index is 361. The van der Waals surface area contributed by atoms with E-state index in [1.807, 2.05) is 0 Å². The lowest BCUT2D eigenvalue weighted by Crippen LogP contribution is -2.34. The van der Waals surface area contributed by atoms with Gasteiger partial charge in [0.05, 0.1) is 12.3 Å². The van der Waals surface area contributed by atoms with Gasteiger partial charge in [0.15, 0.2) is 5.92 Å². The molecule has 0 fully saturated rings. The van der Waals surface area contributed by atoms with E-state index in [1.165, 1.54) is 0 Å². The van der Waals surface area contributed by atoms with Crippen LogP contribution in [0.3, 0.4) is 0 Å². The van der Waals surface area contributed by atoms with Crippen LogP contribution in [0.1, 0.15) is 6.42 Å². The maximum Gasteiger partial charge on any atom is 0.405 e. The zero-order chi connectivity index (χ0) is 13.5. The first-order valence-electron chi connectivity index (χ1n) is 4.78. The molecule has 0 spiro atoms. The van der Waals surface area contributed by atoms with Gasteiger partial charge in [0.1, 0.15) is 0 Å². The molecule has 0 amide bonds. The highest BCUT2D eigenvalue weighted by atomic mass is 32.2. The zero-order valence-electron chi connectivity index (χ0n) is 9.21. The molecule has 1 atom stereocenters. The summed E-state index contributed by atoms with van der Waals surface area (Å²) in [5, 5.41) is 10.7. The van der Waals surface area contributed by atoms with Crippen LogP contribution in [-0.2, 0) is 10.0 Å². The van der Waals surface area contributed by atoms with E-state index in [1.54, 1.807) is 0 Å². The Balaban J connectivity index is 3.69. The lowest BCUT2D eigenvalue weighted by atomic mass is 10.1. The minimum atomic E-state index is -4.53. The van der Waals surface area contributed by atoms with Crippen molar-refractivity contribution in [3.8, 4) is 6.07 Å². The minimum Gasteiger partial charge on any atom is -0.315 e. The van der Waals surface area contributed by atoms with Gasteiger partial charge in [0.2, 0.25) is 10.0 Å². The molecule has 0 rings (SSSR count). The van der Waals surface area contributed by atoms with E-state index in [9.17, 15) is 21.6 Å². The second-order valence-corrected chi connectivity index (χ2v) is 5.28. The molecule has 17 heavy (non-hydrogen) atoms. The molecule has 0 aliphatic heterocycles. The van der Waals surface area contributed by atoms with E-state index in [4.69, 9.17) is 5.26 Å². The number of nitrogens with one attached hydrogen (secondary N) is 2. The highest BCUT2D eigenvalue weighted by Gasteiger charge is 2.39. The number of nitrogens with zero attached hydrogens (tertiary/aromatic N) is 1. The molecule has 100 valence electrons. The average molecular weight is 273 g/mol. The SMILES string of the molecule is CS(=O)(=O)NCCCNCC(C#N)C(F)(F)F. The van der Waals surface area contributed by atoms with E-state index in [0.717, 1.165) is 12.3 Å². The number of nitriles is 1. The normalized spacial score (nSPS) is 14.3. The van der Waals surface area contributed by atoms with Gasteiger partial charge in [0.25, 0.3) is 0 Å². The predicted octanol–water partition coefficient (Wildman–Crippen LogP) is 0.217. The fraction of sp³-hybridized carbons (Fsp3) is 0.875. The second kappa shape index (κ2) is 6.78. The molecule has 0 aromatic rings. The van der Waals surface area contributed by atoms with Crippen LogP contribution in [0.2, 0.25) is 0 Å². The third-order valence-electron chi connectivity index (χ3n) is 1.79. The maximum absolute atomic E-state index is 12.1. The van der Waals surface area contributed by atoms with E-state index in [-0.39, 0.29) is 13.1 Å². The molecule has 0 aliphatic rings. The van der Waals surface area contributed by atoms with Gasteiger partial charge in [-0.05, 0) is 13.0 Å². The van der Waals surface area contributed by atoms with Crippen molar-refractivity contribution in [1.29, 1.82) is 5.26 Å². The summed E-state index contributed by atoms with van der Waals surface area (Å²) in [4.78, 5) is 0. The van der Waals surface area contributed by atoms with Crippen molar-refractivity contribution in [2.75, 3.05) is 25.9 Å². The second-order valence-electron chi connectivity index (χ2n) is 3.45. The number of sulfonamides is 1. The third kappa shape index (κ3) is 8.91. The summed E-state index contributed by atoms with van der Waals surface area (Å²) in [6.07, 6.45) is -3.19. The predicted molar refractivity (Wildman–Crippen MR) is 55.5 cm³/mol. The topological polar surface area (TPSA) is 82.0 Å². The van der Waals surface area contributed by atoms with Gasteiger partial charge < -0.3 is 5.32 Å². The van der Waals surface area contributed by atoms with Crippen LogP contribution in [-0.4, -0.2) is 40.5 Å². The van der Waals surface area contributed by atoms with Crippen LogP contribution >= 0.6 is 0 Å². The molecule has 0 aromatic carbocycles. The van der Waals surface area contributed by atoms with Gasteiger partial charge in [-0.1, -0.05) is 0 Å². The van der Waals surface area contributed by atoms with Crippen LogP contribution in [0.15, 0.2) is 0 Å². The van der Waals surface area contributed by atoms with Gasteiger partial charge in [-0.15, -0.1) is 0 Å². The lowest BCUT2D eigenvalue weighted by molar-refractivity contribution is -0.157. The van der Waals surface area contributed by atoms with Crippen molar-refractivity contribution in [2.45, 2.75) is 12.6 Å². The summed E-state index contributed by atoms with van der Waals surface area (Å²) < 4.78 is 59.7. The smallest absolute Gasteiger partial charge is 0.315 e. The molecule has 0 bridgehead atoms. The Morgan fingerprint density at radius 3 is 2.35 bits per heavy atom. The van der Waals surface area contributed by atoms with Gasteiger partial charge in [0, 0.05) is 13.1 Å². The van der Waals surface area contributed by atoms with Crippen LogP contribution in [0.25, 0.3) is 0 Å². The first-order valence-corrected chi connectivity index (χ1v) is 6.67. The molecule has 0 saturated carbocycles. The molecule has 0 heterocycles. The third-order valence-corrected chi connectivity index (χ3v) is 2.52. The van der Waals surface area contributed by atoms with Crippen LogP contribution < -0.4 is 10.0 Å². The number of hydrogen-bond donors (Lipinski definition) is 2. The van der Waals surface area contributed by atoms with E-state index in [0.29, 0.717) is 6.42 Å². The van der Waals surface area contributed by atoms with Crippen molar-refractivity contribution in [1.82, 2.24) is 10.0 Å². The summed E-state index contributed by atoms with van der Waals surface area (Å²) in [7, 11) is -3.27. The molecule has 5 nitrogen and oxygen atoms in total. The zero-order valence-corrected chi connectivity index (χ0v) is 10.0. The first-order chi connectivity index (χ1) is 7.67. The Hall–Kier alpha value is -0.850. The number of halogens is 3. The van der Waals surface area contributed by atoms with Crippen LogP contribution in [0.5, 0.6) is 0 Å². The molecular formula is C8H14F3N3O2S. The van der Waals surface area contributed by atoms with E-state index in [2.05, 4.69) is 10.0 Å². The summed E-state index contributed by atoms with van der Waals surface area (Å²) >= 11 is 0. The highest BCUT2D eigenvalue weighted by Crippen LogP contribution is 2.24. The Kier molecular flexibility index (Phi) is 6.44. The minimum absolute atomic E-state index is 0.148. The number of rotatable bonds is 7. The lowest BCUT2D eigenvalue weighted by Gasteiger charge is -2.13. The van der Waals surface area contributed by atoms with Gasteiger partial charge in [-0.2, -0.15) is 18.4 Å². The van der Waals surface area contributed by atoms with Crippen LogP contribution in [0, 0.1) is 17.2 Å². The molecule has 9 heteroatoms. The fourth-order valence-corrected chi connectivity index (χ4v) is 1.47. The highest BCUT2D eigenvalue weighted by molar-refractivity contribution is 7.88. The van der Waals surface area contributed by atoms with Gasteiger partial charge >= 0.3 is 6.18 Å². The molecule has 0 saturated heterocycles. The van der Waals surface area contributed by atoms with E-state index >= 15 is 0 Å². The van der Waals surface area contributed by atoms with Gasteiger partial charge in [-0.3, -0.25) is 0 Å². The Morgan fingerprint density at radius 1 is 1.35 bits per heavy atom. The van der Waals surface area contributed by atoms with Crippen molar-refractivity contribution < 1.29 is 21.6 Å².